The first-order valence-electron chi connectivity index (χ1n) is 5.29. The fraction of sp³-hybridized carbons (Fsp3) is 0.143. The molecule has 0 aliphatic heterocycles. The number of hydrogen-bond donors (Lipinski definition) is 0. The van der Waals surface area contributed by atoms with Gasteiger partial charge in [0.2, 0.25) is 0 Å². The summed E-state index contributed by atoms with van der Waals surface area (Å²) in [6, 6.07) is 14.1. The van der Waals surface area contributed by atoms with E-state index in [1.807, 2.05) is 37.3 Å². The molecule has 88 valence electrons. The zero-order valence-corrected chi connectivity index (χ0v) is 12.6. The van der Waals surface area contributed by atoms with Crippen molar-refractivity contribution in [1.82, 2.24) is 0 Å². The molecule has 0 N–H and O–H groups in total. The van der Waals surface area contributed by atoms with Gasteiger partial charge in [-0.15, -0.1) is 0 Å². The Morgan fingerprint density at radius 1 is 1.06 bits per heavy atom. The Labute approximate surface area is 118 Å². The predicted octanol–water partition coefficient (Wildman–Crippen LogP) is 5.10. The lowest BCUT2D eigenvalue weighted by Gasteiger charge is -2.10. The first-order chi connectivity index (χ1) is 8.16. The number of aryl methyl sites for hydroxylation is 1. The molecular formula is C14H12Br2O. The number of ether oxygens (including phenoxy) is 1. The molecule has 0 aromatic heterocycles. The summed E-state index contributed by atoms with van der Waals surface area (Å²) in [7, 11) is 0. The Bertz CT molecular complexity index is 523. The van der Waals surface area contributed by atoms with Crippen molar-refractivity contribution in [1.29, 1.82) is 0 Å². The number of hydrogen-bond acceptors (Lipinski definition) is 1. The Kier molecular flexibility index (Phi) is 4.24. The zero-order valence-electron chi connectivity index (χ0n) is 9.41. The Morgan fingerprint density at radius 3 is 2.53 bits per heavy atom. The number of rotatable bonds is 3. The van der Waals surface area contributed by atoms with Gasteiger partial charge in [0, 0.05) is 14.5 Å². The van der Waals surface area contributed by atoms with Crippen LogP contribution in [-0.4, -0.2) is 0 Å². The maximum atomic E-state index is 5.81. The van der Waals surface area contributed by atoms with Crippen molar-refractivity contribution in [2.45, 2.75) is 13.5 Å². The topological polar surface area (TPSA) is 9.23 Å². The molecule has 2 aromatic rings. The average Bonchev–Trinajstić information content (AvgIpc) is 2.30. The van der Waals surface area contributed by atoms with Crippen LogP contribution in [0.2, 0.25) is 0 Å². The normalized spacial score (nSPS) is 10.3. The van der Waals surface area contributed by atoms with Gasteiger partial charge in [-0.25, -0.2) is 0 Å². The van der Waals surface area contributed by atoms with Gasteiger partial charge in [0.05, 0.1) is 0 Å². The maximum Gasteiger partial charge on any atom is 0.122 e. The van der Waals surface area contributed by atoms with Crippen LogP contribution in [0, 0.1) is 6.92 Å². The molecule has 0 bridgehead atoms. The van der Waals surface area contributed by atoms with Crippen LogP contribution in [0.5, 0.6) is 5.75 Å². The van der Waals surface area contributed by atoms with Crippen LogP contribution in [-0.2, 0) is 6.61 Å². The fourth-order valence-electron chi connectivity index (χ4n) is 1.55. The second kappa shape index (κ2) is 5.69. The van der Waals surface area contributed by atoms with E-state index in [2.05, 4.69) is 44.0 Å². The second-order valence-corrected chi connectivity index (χ2v) is 5.56. The molecule has 0 unspecified atom stereocenters. The highest BCUT2D eigenvalue weighted by molar-refractivity contribution is 9.10. The minimum atomic E-state index is 0.573. The van der Waals surface area contributed by atoms with Crippen LogP contribution in [0.25, 0.3) is 0 Å². The minimum Gasteiger partial charge on any atom is -0.489 e. The molecule has 0 radical (unpaired) electrons. The number of halogens is 2. The van der Waals surface area contributed by atoms with Crippen LogP contribution in [0.1, 0.15) is 11.1 Å². The first kappa shape index (κ1) is 12.7. The molecule has 1 nitrogen and oxygen atoms in total. The van der Waals surface area contributed by atoms with Crippen LogP contribution in [0.3, 0.4) is 0 Å². The van der Waals surface area contributed by atoms with Crippen molar-refractivity contribution in [2.75, 3.05) is 0 Å². The van der Waals surface area contributed by atoms with E-state index in [4.69, 9.17) is 4.74 Å². The van der Waals surface area contributed by atoms with Crippen LogP contribution < -0.4 is 4.74 Å². The third kappa shape index (κ3) is 3.33. The summed E-state index contributed by atoms with van der Waals surface area (Å²) in [5, 5.41) is 0. The lowest BCUT2D eigenvalue weighted by molar-refractivity contribution is 0.303. The lowest BCUT2D eigenvalue weighted by Crippen LogP contribution is -1.97. The van der Waals surface area contributed by atoms with Crippen molar-refractivity contribution in [3.63, 3.8) is 0 Å². The molecule has 0 fully saturated rings. The van der Waals surface area contributed by atoms with E-state index >= 15 is 0 Å². The quantitative estimate of drug-likeness (QED) is 0.744. The molecule has 17 heavy (non-hydrogen) atoms. The molecule has 0 saturated carbocycles. The fourth-order valence-corrected chi connectivity index (χ4v) is 2.42. The smallest absolute Gasteiger partial charge is 0.122 e. The molecule has 0 aliphatic carbocycles. The Hall–Kier alpha value is -0.800. The standard InChI is InChI=1S/C14H12Br2O/c1-10-8-12(15)6-7-14(10)17-9-11-4-2-3-5-13(11)16/h2-8H,9H2,1H3. The number of benzene rings is 2. The monoisotopic (exact) mass is 354 g/mol. The van der Waals surface area contributed by atoms with Crippen molar-refractivity contribution in [3.05, 3.63) is 62.5 Å². The molecular weight excluding hydrogens is 344 g/mol. The van der Waals surface area contributed by atoms with Crippen LogP contribution >= 0.6 is 31.9 Å². The summed E-state index contributed by atoms with van der Waals surface area (Å²) >= 11 is 6.95. The summed E-state index contributed by atoms with van der Waals surface area (Å²) in [6.45, 7) is 2.62. The molecule has 2 aromatic carbocycles. The molecule has 3 heteroatoms. The molecule has 0 spiro atoms. The van der Waals surface area contributed by atoms with E-state index in [1.54, 1.807) is 0 Å². The van der Waals surface area contributed by atoms with Crippen molar-refractivity contribution >= 4 is 31.9 Å². The average molecular weight is 356 g/mol. The highest BCUT2D eigenvalue weighted by Crippen LogP contribution is 2.24. The van der Waals surface area contributed by atoms with Gasteiger partial charge >= 0.3 is 0 Å². The SMILES string of the molecule is Cc1cc(Br)ccc1OCc1ccccc1Br. The largest absolute Gasteiger partial charge is 0.489 e. The van der Waals surface area contributed by atoms with Crippen LogP contribution in [0.4, 0.5) is 0 Å². The third-order valence-electron chi connectivity index (χ3n) is 2.48. The summed E-state index contributed by atoms with van der Waals surface area (Å²) in [5.41, 5.74) is 2.28. The molecule has 0 aliphatic rings. The Morgan fingerprint density at radius 2 is 1.82 bits per heavy atom. The van der Waals surface area contributed by atoms with Gasteiger partial charge < -0.3 is 4.74 Å². The lowest BCUT2D eigenvalue weighted by atomic mass is 10.2. The summed E-state index contributed by atoms with van der Waals surface area (Å²) in [4.78, 5) is 0. The predicted molar refractivity (Wildman–Crippen MR) is 77.4 cm³/mol. The van der Waals surface area contributed by atoms with E-state index in [0.717, 1.165) is 25.8 Å². The van der Waals surface area contributed by atoms with E-state index < -0.39 is 0 Å². The van der Waals surface area contributed by atoms with Gasteiger partial charge in [0.15, 0.2) is 0 Å². The van der Waals surface area contributed by atoms with Crippen LogP contribution in [0.15, 0.2) is 51.4 Å². The van der Waals surface area contributed by atoms with E-state index in [0.29, 0.717) is 6.61 Å². The highest BCUT2D eigenvalue weighted by atomic mass is 79.9. The van der Waals surface area contributed by atoms with Crippen molar-refractivity contribution in [2.24, 2.45) is 0 Å². The highest BCUT2D eigenvalue weighted by Gasteiger charge is 2.02. The van der Waals surface area contributed by atoms with Gasteiger partial charge in [0.1, 0.15) is 12.4 Å². The van der Waals surface area contributed by atoms with Gasteiger partial charge in [-0.2, -0.15) is 0 Å². The molecule has 0 amide bonds. The van der Waals surface area contributed by atoms with E-state index in [-0.39, 0.29) is 0 Å². The minimum absolute atomic E-state index is 0.573. The van der Waals surface area contributed by atoms with E-state index in [9.17, 15) is 0 Å². The summed E-state index contributed by atoms with van der Waals surface area (Å²) < 4.78 is 7.96. The molecule has 2 rings (SSSR count). The molecule has 0 atom stereocenters. The Balaban J connectivity index is 2.10. The second-order valence-electron chi connectivity index (χ2n) is 3.79. The molecule has 0 heterocycles. The summed E-state index contributed by atoms with van der Waals surface area (Å²) in [5.74, 6) is 0.920. The molecule has 0 saturated heterocycles. The maximum absolute atomic E-state index is 5.81. The zero-order chi connectivity index (χ0) is 12.3. The van der Waals surface area contributed by atoms with Gasteiger partial charge in [-0.05, 0) is 36.8 Å². The van der Waals surface area contributed by atoms with Gasteiger partial charge in [0.25, 0.3) is 0 Å². The van der Waals surface area contributed by atoms with Gasteiger partial charge in [-0.1, -0.05) is 50.1 Å². The van der Waals surface area contributed by atoms with E-state index in [1.165, 1.54) is 0 Å². The first-order valence-corrected chi connectivity index (χ1v) is 6.88. The van der Waals surface area contributed by atoms with Crippen molar-refractivity contribution in [3.8, 4) is 5.75 Å². The van der Waals surface area contributed by atoms with Crippen molar-refractivity contribution < 1.29 is 4.74 Å². The van der Waals surface area contributed by atoms with Gasteiger partial charge in [-0.3, -0.25) is 0 Å². The summed E-state index contributed by atoms with van der Waals surface area (Å²) in [6.07, 6.45) is 0. The third-order valence-corrected chi connectivity index (χ3v) is 3.74.